The van der Waals surface area contributed by atoms with Crippen LogP contribution in [0, 0.1) is 0 Å². The summed E-state index contributed by atoms with van der Waals surface area (Å²) >= 11 is 1.47. The molecule has 2 aromatic heterocycles. The van der Waals surface area contributed by atoms with E-state index < -0.39 is 0 Å². The number of rotatable bonds is 4. The molecule has 1 aromatic carbocycles. The molecule has 6 nitrogen and oxygen atoms in total. The standard InChI is InChI=1S/C19H21N5OS/c20-10-16-8-4-5-9-23(16)19(25)17-13-26-18(22-17)14-11-21-24(12-14)15-6-2-1-3-7-15/h1-3,6-7,11-13,16H,4-5,8-10,20H2. The van der Waals surface area contributed by atoms with Crippen molar-refractivity contribution in [2.24, 2.45) is 5.73 Å². The second kappa shape index (κ2) is 7.39. The van der Waals surface area contributed by atoms with Gasteiger partial charge in [-0.25, -0.2) is 9.67 Å². The van der Waals surface area contributed by atoms with Gasteiger partial charge in [-0.3, -0.25) is 4.79 Å². The zero-order valence-corrected chi connectivity index (χ0v) is 15.2. The summed E-state index contributed by atoms with van der Waals surface area (Å²) in [6.07, 6.45) is 6.86. The summed E-state index contributed by atoms with van der Waals surface area (Å²) in [7, 11) is 0. The normalized spacial score (nSPS) is 17.4. The van der Waals surface area contributed by atoms with Gasteiger partial charge < -0.3 is 10.6 Å². The zero-order valence-electron chi connectivity index (χ0n) is 14.4. The topological polar surface area (TPSA) is 77.0 Å². The van der Waals surface area contributed by atoms with Crippen LogP contribution in [0.15, 0.2) is 48.1 Å². The fourth-order valence-corrected chi connectivity index (χ4v) is 4.09. The number of aromatic nitrogens is 3. The maximum Gasteiger partial charge on any atom is 0.273 e. The van der Waals surface area contributed by atoms with E-state index in [9.17, 15) is 4.79 Å². The second-order valence-electron chi connectivity index (χ2n) is 6.43. The number of thiazole rings is 1. The molecular formula is C19H21N5OS. The van der Waals surface area contributed by atoms with Gasteiger partial charge in [-0.15, -0.1) is 11.3 Å². The highest BCUT2D eigenvalue weighted by Gasteiger charge is 2.28. The summed E-state index contributed by atoms with van der Waals surface area (Å²) in [6, 6.07) is 10.0. The van der Waals surface area contributed by atoms with E-state index in [4.69, 9.17) is 5.73 Å². The number of carbonyl (C=O) groups is 1. The summed E-state index contributed by atoms with van der Waals surface area (Å²) in [4.78, 5) is 19.3. The van der Waals surface area contributed by atoms with Gasteiger partial charge in [0.05, 0.1) is 11.9 Å². The van der Waals surface area contributed by atoms with Gasteiger partial charge in [0, 0.05) is 36.3 Å². The molecule has 1 fully saturated rings. The summed E-state index contributed by atoms with van der Waals surface area (Å²) in [5, 5.41) is 7.04. The summed E-state index contributed by atoms with van der Waals surface area (Å²) in [5.74, 6) is -0.0156. The van der Waals surface area contributed by atoms with E-state index in [1.165, 1.54) is 11.3 Å². The minimum Gasteiger partial charge on any atom is -0.333 e. The molecule has 0 aliphatic carbocycles. The van der Waals surface area contributed by atoms with Crippen LogP contribution in [0.1, 0.15) is 29.8 Å². The average molecular weight is 367 g/mol. The lowest BCUT2D eigenvalue weighted by molar-refractivity contribution is 0.0618. The van der Waals surface area contributed by atoms with E-state index in [0.29, 0.717) is 12.2 Å². The number of likely N-dealkylation sites (tertiary alicyclic amines) is 1. The largest absolute Gasteiger partial charge is 0.333 e. The first-order valence-corrected chi connectivity index (χ1v) is 9.71. The predicted molar refractivity (Wildman–Crippen MR) is 102 cm³/mol. The Balaban J connectivity index is 1.55. The third-order valence-electron chi connectivity index (χ3n) is 4.73. The Morgan fingerprint density at radius 2 is 2.12 bits per heavy atom. The lowest BCUT2D eigenvalue weighted by atomic mass is 10.0. The fraction of sp³-hybridized carbons (Fsp3) is 0.316. The highest BCUT2D eigenvalue weighted by molar-refractivity contribution is 7.13. The van der Waals surface area contributed by atoms with Gasteiger partial charge >= 0.3 is 0 Å². The van der Waals surface area contributed by atoms with Gasteiger partial charge in [0.25, 0.3) is 5.91 Å². The first kappa shape index (κ1) is 16.9. The van der Waals surface area contributed by atoms with Crippen LogP contribution in [0.25, 0.3) is 16.3 Å². The molecule has 1 unspecified atom stereocenters. The monoisotopic (exact) mass is 367 g/mol. The molecule has 3 heterocycles. The zero-order chi connectivity index (χ0) is 17.9. The smallest absolute Gasteiger partial charge is 0.273 e. The van der Waals surface area contributed by atoms with E-state index in [1.807, 2.05) is 51.5 Å². The summed E-state index contributed by atoms with van der Waals surface area (Å²) in [5.41, 5.74) is 8.24. The van der Waals surface area contributed by atoms with Gasteiger partial charge in [0.2, 0.25) is 0 Å². The van der Waals surface area contributed by atoms with Crippen molar-refractivity contribution in [2.45, 2.75) is 25.3 Å². The van der Waals surface area contributed by atoms with Crippen molar-refractivity contribution < 1.29 is 4.79 Å². The molecule has 1 aliphatic rings. The number of para-hydroxylation sites is 1. The van der Waals surface area contributed by atoms with E-state index in [1.54, 1.807) is 6.20 Å². The van der Waals surface area contributed by atoms with Crippen LogP contribution < -0.4 is 5.73 Å². The third-order valence-corrected chi connectivity index (χ3v) is 5.63. The van der Waals surface area contributed by atoms with Crippen LogP contribution in [0.4, 0.5) is 0 Å². The van der Waals surface area contributed by atoms with Crippen LogP contribution in [-0.4, -0.2) is 44.7 Å². The van der Waals surface area contributed by atoms with E-state index in [-0.39, 0.29) is 11.9 Å². The minimum absolute atomic E-state index is 0.0156. The van der Waals surface area contributed by atoms with Crippen LogP contribution in [0.3, 0.4) is 0 Å². The number of amides is 1. The van der Waals surface area contributed by atoms with Gasteiger partial charge in [0.15, 0.2) is 0 Å². The van der Waals surface area contributed by atoms with Crippen molar-refractivity contribution in [3.63, 3.8) is 0 Å². The molecule has 26 heavy (non-hydrogen) atoms. The summed E-state index contributed by atoms with van der Waals surface area (Å²) in [6.45, 7) is 1.27. The molecule has 134 valence electrons. The molecule has 1 atom stereocenters. The van der Waals surface area contributed by atoms with E-state index in [2.05, 4.69) is 10.1 Å². The van der Waals surface area contributed by atoms with Gasteiger partial charge in [-0.05, 0) is 31.4 Å². The Morgan fingerprint density at radius 3 is 2.92 bits per heavy atom. The number of nitrogens with two attached hydrogens (primary N) is 1. The van der Waals surface area contributed by atoms with Crippen LogP contribution in [0.5, 0.6) is 0 Å². The molecule has 0 bridgehead atoms. The Morgan fingerprint density at radius 1 is 1.27 bits per heavy atom. The van der Waals surface area contributed by atoms with E-state index >= 15 is 0 Å². The molecule has 1 aliphatic heterocycles. The second-order valence-corrected chi connectivity index (χ2v) is 7.29. The van der Waals surface area contributed by atoms with Gasteiger partial charge in [-0.1, -0.05) is 18.2 Å². The molecule has 3 aromatic rings. The van der Waals surface area contributed by atoms with Gasteiger partial charge in [-0.2, -0.15) is 5.10 Å². The molecule has 1 amide bonds. The molecule has 1 saturated heterocycles. The highest BCUT2D eigenvalue weighted by atomic mass is 32.1. The number of carbonyl (C=O) groups excluding carboxylic acids is 1. The number of benzene rings is 1. The predicted octanol–water partition coefficient (Wildman–Crippen LogP) is 2.95. The third kappa shape index (κ3) is 3.27. The maximum atomic E-state index is 12.8. The first-order valence-electron chi connectivity index (χ1n) is 8.83. The lowest BCUT2D eigenvalue weighted by Gasteiger charge is -2.34. The highest BCUT2D eigenvalue weighted by Crippen LogP contribution is 2.26. The molecule has 0 spiro atoms. The van der Waals surface area contributed by atoms with Gasteiger partial charge in [0.1, 0.15) is 10.7 Å². The Kier molecular flexibility index (Phi) is 4.81. The SMILES string of the molecule is NCC1CCCCN1C(=O)c1csc(-c2cnn(-c3ccccc3)c2)n1. The number of hydrogen-bond donors (Lipinski definition) is 1. The lowest BCUT2D eigenvalue weighted by Crippen LogP contribution is -2.47. The first-order chi connectivity index (χ1) is 12.8. The molecule has 4 rings (SSSR count). The Bertz CT molecular complexity index is 888. The molecule has 7 heteroatoms. The maximum absolute atomic E-state index is 12.8. The average Bonchev–Trinajstić information content (AvgIpc) is 3.37. The van der Waals surface area contributed by atoms with Crippen molar-refractivity contribution in [2.75, 3.05) is 13.1 Å². The van der Waals surface area contributed by atoms with Crippen LogP contribution in [-0.2, 0) is 0 Å². The Hall–Kier alpha value is -2.51. The van der Waals surface area contributed by atoms with Crippen LogP contribution >= 0.6 is 11.3 Å². The molecule has 0 saturated carbocycles. The summed E-state index contributed by atoms with van der Waals surface area (Å²) < 4.78 is 1.81. The van der Waals surface area contributed by atoms with Crippen molar-refractivity contribution >= 4 is 17.2 Å². The van der Waals surface area contributed by atoms with Crippen LogP contribution in [0.2, 0.25) is 0 Å². The quantitative estimate of drug-likeness (QED) is 0.769. The minimum atomic E-state index is -0.0156. The molecular weight excluding hydrogens is 346 g/mol. The Labute approximate surface area is 156 Å². The van der Waals surface area contributed by atoms with E-state index in [0.717, 1.165) is 42.1 Å². The van der Waals surface area contributed by atoms with Crippen molar-refractivity contribution in [1.29, 1.82) is 0 Å². The van der Waals surface area contributed by atoms with Crippen molar-refractivity contribution in [3.8, 4) is 16.3 Å². The fourth-order valence-electron chi connectivity index (χ4n) is 3.32. The number of hydrogen-bond acceptors (Lipinski definition) is 5. The number of piperidine rings is 1. The molecule has 2 N–H and O–H groups in total. The number of nitrogens with zero attached hydrogens (tertiary/aromatic N) is 4. The van der Waals surface area contributed by atoms with Crippen molar-refractivity contribution in [3.05, 3.63) is 53.8 Å². The van der Waals surface area contributed by atoms with Crippen molar-refractivity contribution in [1.82, 2.24) is 19.7 Å². The molecule has 0 radical (unpaired) electrons.